The lowest BCUT2D eigenvalue weighted by Gasteiger charge is -2.48. The molecule has 0 amide bonds. The highest BCUT2D eigenvalue weighted by atomic mass is 32.1. The number of hydrogen-bond acceptors (Lipinski definition) is 5. The van der Waals surface area contributed by atoms with Gasteiger partial charge in [-0.1, -0.05) is 19.3 Å². The smallest absolute Gasteiger partial charge is 0.0944 e. The first kappa shape index (κ1) is 15.4. The Hall–Kier alpha value is -0.490. The summed E-state index contributed by atoms with van der Waals surface area (Å²) in [4.78, 5) is 7.40. The molecule has 118 valence electrons. The first-order valence-corrected chi connectivity index (χ1v) is 9.25. The maximum atomic E-state index is 6.00. The van der Waals surface area contributed by atoms with Gasteiger partial charge in [-0.2, -0.15) is 0 Å². The molecule has 0 bridgehead atoms. The zero-order valence-corrected chi connectivity index (χ0v) is 13.9. The first-order chi connectivity index (χ1) is 10.2. The van der Waals surface area contributed by atoms with Crippen LogP contribution < -0.4 is 11.3 Å². The Labute approximate surface area is 132 Å². The van der Waals surface area contributed by atoms with E-state index >= 15 is 0 Å². The summed E-state index contributed by atoms with van der Waals surface area (Å²) in [5.41, 5.74) is 4.55. The molecule has 1 aromatic rings. The Morgan fingerprint density at radius 1 is 1.29 bits per heavy atom. The minimum atomic E-state index is 0.259. The number of thiazole rings is 1. The van der Waals surface area contributed by atoms with Crippen molar-refractivity contribution < 1.29 is 0 Å². The molecule has 2 aliphatic rings. The molecule has 1 atom stereocenters. The second-order valence-corrected chi connectivity index (χ2v) is 7.61. The van der Waals surface area contributed by atoms with Gasteiger partial charge >= 0.3 is 0 Å². The van der Waals surface area contributed by atoms with E-state index < -0.39 is 0 Å². The number of aryl methyl sites for hydroxylation is 1. The van der Waals surface area contributed by atoms with Crippen molar-refractivity contribution in [3.63, 3.8) is 0 Å². The predicted octanol–water partition coefficient (Wildman–Crippen LogP) is 2.62. The second-order valence-electron chi connectivity index (χ2n) is 6.66. The van der Waals surface area contributed by atoms with E-state index in [1.807, 2.05) is 0 Å². The van der Waals surface area contributed by atoms with Gasteiger partial charge in [-0.3, -0.25) is 16.2 Å². The summed E-state index contributed by atoms with van der Waals surface area (Å²) in [7, 11) is 0. The molecule has 5 heteroatoms. The molecule has 1 unspecified atom stereocenters. The maximum Gasteiger partial charge on any atom is 0.0944 e. The first-order valence-electron chi connectivity index (χ1n) is 8.37. The molecule has 1 aliphatic heterocycles. The minimum Gasteiger partial charge on any atom is -0.296 e. The van der Waals surface area contributed by atoms with Crippen molar-refractivity contribution >= 4 is 11.3 Å². The van der Waals surface area contributed by atoms with Crippen LogP contribution in [0.4, 0.5) is 0 Å². The lowest BCUT2D eigenvalue weighted by atomic mass is 9.83. The summed E-state index contributed by atoms with van der Waals surface area (Å²) in [5, 5.41) is 3.37. The Kier molecular flexibility index (Phi) is 4.94. The van der Waals surface area contributed by atoms with Gasteiger partial charge in [0.15, 0.2) is 0 Å². The molecular formula is C16H28N4S. The number of nitrogens with one attached hydrogen (secondary N) is 1. The van der Waals surface area contributed by atoms with E-state index in [2.05, 4.69) is 27.6 Å². The molecule has 3 N–H and O–H groups in total. The van der Waals surface area contributed by atoms with Crippen molar-refractivity contribution in [2.24, 2.45) is 5.84 Å². The van der Waals surface area contributed by atoms with Crippen molar-refractivity contribution in [3.8, 4) is 0 Å². The predicted molar refractivity (Wildman–Crippen MR) is 88.3 cm³/mol. The highest BCUT2D eigenvalue weighted by Gasteiger charge is 2.45. The SMILES string of the molecule is Cc1csc(CC(NN)C2(N3CCCCC3)CCCC2)n1. The van der Waals surface area contributed by atoms with E-state index in [4.69, 9.17) is 5.84 Å². The van der Waals surface area contributed by atoms with Crippen LogP contribution in [-0.2, 0) is 6.42 Å². The number of hydrogen-bond donors (Lipinski definition) is 2. The third kappa shape index (κ3) is 3.16. The standard InChI is InChI=1S/C16H28N4S/c1-13-12-21-15(18-13)11-14(19-17)16(7-3-4-8-16)20-9-5-2-6-10-20/h12,14,19H,2-11,17H2,1H3. The summed E-state index contributed by atoms with van der Waals surface area (Å²) >= 11 is 1.77. The fraction of sp³-hybridized carbons (Fsp3) is 0.812. The van der Waals surface area contributed by atoms with Gasteiger partial charge < -0.3 is 0 Å². The van der Waals surface area contributed by atoms with Gasteiger partial charge in [0, 0.05) is 29.1 Å². The van der Waals surface area contributed by atoms with E-state index in [9.17, 15) is 0 Å². The van der Waals surface area contributed by atoms with Crippen LogP contribution in [0.3, 0.4) is 0 Å². The van der Waals surface area contributed by atoms with E-state index in [0.29, 0.717) is 6.04 Å². The normalized spacial score (nSPS) is 24.3. The molecule has 0 radical (unpaired) electrons. The highest BCUT2D eigenvalue weighted by molar-refractivity contribution is 7.09. The molecule has 2 heterocycles. The highest BCUT2D eigenvalue weighted by Crippen LogP contribution is 2.40. The quantitative estimate of drug-likeness (QED) is 0.648. The average molecular weight is 308 g/mol. The Bertz CT molecular complexity index is 447. The van der Waals surface area contributed by atoms with Crippen LogP contribution in [0.25, 0.3) is 0 Å². The van der Waals surface area contributed by atoms with Crippen molar-refractivity contribution in [2.45, 2.75) is 69.9 Å². The lowest BCUT2D eigenvalue weighted by Crippen LogP contribution is -2.63. The Morgan fingerprint density at radius 2 is 2.00 bits per heavy atom. The van der Waals surface area contributed by atoms with Crippen LogP contribution in [-0.4, -0.2) is 34.6 Å². The number of rotatable bonds is 5. The van der Waals surface area contributed by atoms with Crippen molar-refractivity contribution in [1.29, 1.82) is 0 Å². The molecule has 1 aliphatic carbocycles. The van der Waals surface area contributed by atoms with Crippen molar-refractivity contribution in [3.05, 3.63) is 16.1 Å². The third-order valence-corrected chi connectivity index (χ3v) is 6.34. The Balaban J connectivity index is 1.79. The van der Waals surface area contributed by atoms with Crippen LogP contribution in [0.15, 0.2) is 5.38 Å². The van der Waals surface area contributed by atoms with Gasteiger partial charge in [-0.25, -0.2) is 4.98 Å². The van der Waals surface area contributed by atoms with Gasteiger partial charge in [-0.05, 0) is 45.7 Å². The monoisotopic (exact) mass is 308 g/mol. The third-order valence-electron chi connectivity index (χ3n) is 5.35. The zero-order valence-electron chi connectivity index (χ0n) is 13.1. The van der Waals surface area contributed by atoms with E-state index in [1.54, 1.807) is 11.3 Å². The summed E-state index contributed by atoms with van der Waals surface area (Å²) in [6.07, 6.45) is 10.3. The molecule has 21 heavy (non-hydrogen) atoms. The number of aromatic nitrogens is 1. The number of hydrazine groups is 1. The van der Waals surface area contributed by atoms with Crippen LogP contribution in [0, 0.1) is 6.92 Å². The molecule has 1 aromatic heterocycles. The van der Waals surface area contributed by atoms with E-state index in [1.165, 1.54) is 63.0 Å². The summed E-state index contributed by atoms with van der Waals surface area (Å²) in [6.45, 7) is 4.56. The fourth-order valence-corrected chi connectivity index (χ4v) is 5.11. The minimum absolute atomic E-state index is 0.259. The summed E-state index contributed by atoms with van der Waals surface area (Å²) in [6, 6.07) is 0.323. The fourth-order valence-electron chi connectivity index (χ4n) is 4.29. The van der Waals surface area contributed by atoms with E-state index in [0.717, 1.165) is 12.1 Å². The topological polar surface area (TPSA) is 54.2 Å². The molecule has 0 aromatic carbocycles. The summed E-state index contributed by atoms with van der Waals surface area (Å²) in [5.74, 6) is 6.00. The molecule has 3 rings (SSSR count). The van der Waals surface area contributed by atoms with Gasteiger partial charge in [0.2, 0.25) is 0 Å². The van der Waals surface area contributed by atoms with E-state index in [-0.39, 0.29) is 5.54 Å². The zero-order chi connectivity index (χ0) is 14.7. The molecule has 0 spiro atoms. The maximum absolute atomic E-state index is 6.00. The van der Waals surface area contributed by atoms with Gasteiger partial charge in [-0.15, -0.1) is 11.3 Å². The Morgan fingerprint density at radius 3 is 2.57 bits per heavy atom. The van der Waals surface area contributed by atoms with Crippen LogP contribution in [0.5, 0.6) is 0 Å². The average Bonchev–Trinajstić information content (AvgIpc) is 3.15. The number of nitrogens with zero attached hydrogens (tertiary/aromatic N) is 2. The van der Waals surface area contributed by atoms with Gasteiger partial charge in [0.1, 0.15) is 0 Å². The summed E-state index contributed by atoms with van der Waals surface area (Å²) < 4.78 is 0. The molecule has 4 nitrogen and oxygen atoms in total. The second kappa shape index (κ2) is 6.73. The van der Waals surface area contributed by atoms with Crippen molar-refractivity contribution in [2.75, 3.05) is 13.1 Å². The van der Waals surface area contributed by atoms with Crippen molar-refractivity contribution in [1.82, 2.24) is 15.3 Å². The molecule has 2 fully saturated rings. The largest absolute Gasteiger partial charge is 0.296 e. The lowest BCUT2D eigenvalue weighted by molar-refractivity contribution is 0.0366. The van der Waals surface area contributed by atoms with Crippen LogP contribution >= 0.6 is 11.3 Å². The van der Waals surface area contributed by atoms with Gasteiger partial charge in [0.25, 0.3) is 0 Å². The van der Waals surface area contributed by atoms with Gasteiger partial charge in [0.05, 0.1) is 5.01 Å². The van der Waals surface area contributed by atoms with Crippen LogP contribution in [0.2, 0.25) is 0 Å². The number of nitrogens with two attached hydrogens (primary N) is 1. The molecular weight excluding hydrogens is 280 g/mol. The number of likely N-dealkylation sites (tertiary alicyclic amines) is 1. The number of piperidine rings is 1. The molecule has 1 saturated heterocycles. The molecule has 1 saturated carbocycles. The van der Waals surface area contributed by atoms with Crippen LogP contribution in [0.1, 0.15) is 55.6 Å².